The predicted molar refractivity (Wildman–Crippen MR) is 159 cm³/mol. The zero-order valence-electron chi connectivity index (χ0n) is 25.3. The van der Waals surface area contributed by atoms with Crippen molar-refractivity contribution in [2.24, 2.45) is 17.8 Å². The normalized spacial score (nSPS) is 24.1. The third-order valence-corrected chi connectivity index (χ3v) is 8.76. The highest BCUT2D eigenvalue weighted by molar-refractivity contribution is 9.10. The Balaban J connectivity index is 1.88. The van der Waals surface area contributed by atoms with Gasteiger partial charge in [0.2, 0.25) is 0 Å². The first kappa shape index (κ1) is 32.8. The first-order valence-corrected chi connectivity index (χ1v) is 15.4. The van der Waals surface area contributed by atoms with Crippen LogP contribution >= 0.6 is 15.9 Å². The Bertz CT molecular complexity index is 1440. The van der Waals surface area contributed by atoms with E-state index in [4.69, 9.17) is 9.47 Å². The Morgan fingerprint density at radius 1 is 1.09 bits per heavy atom. The van der Waals surface area contributed by atoms with E-state index in [1.807, 2.05) is 13.8 Å². The third kappa shape index (κ3) is 6.84. The quantitative estimate of drug-likeness (QED) is 0.183. The molecule has 2 aromatic rings. The van der Waals surface area contributed by atoms with Crippen molar-refractivity contribution in [1.82, 2.24) is 4.90 Å². The van der Waals surface area contributed by atoms with Gasteiger partial charge < -0.3 is 9.47 Å². The van der Waals surface area contributed by atoms with Gasteiger partial charge in [0.25, 0.3) is 11.8 Å². The van der Waals surface area contributed by atoms with Gasteiger partial charge in [0, 0.05) is 15.6 Å². The maximum absolute atomic E-state index is 14.9. The summed E-state index contributed by atoms with van der Waals surface area (Å²) in [6.07, 6.45) is 0.913. The van der Waals surface area contributed by atoms with Crippen LogP contribution < -0.4 is 0 Å². The first-order chi connectivity index (χ1) is 20.0. The van der Waals surface area contributed by atoms with Crippen molar-refractivity contribution in [3.05, 3.63) is 69.2 Å². The van der Waals surface area contributed by atoms with Gasteiger partial charge in [-0.25, -0.2) is 8.78 Å². The molecule has 4 atom stereocenters. The van der Waals surface area contributed by atoms with Crippen molar-refractivity contribution < 1.29 is 37.4 Å². The lowest BCUT2D eigenvalue weighted by molar-refractivity contribution is -0.175. The molecule has 10 heteroatoms. The second kappa shape index (κ2) is 12.5. The minimum atomic E-state index is -2.44. The Kier molecular flexibility index (Phi) is 9.50. The van der Waals surface area contributed by atoms with Crippen LogP contribution in [0.2, 0.25) is 0 Å². The number of halogens is 3. The summed E-state index contributed by atoms with van der Waals surface area (Å²) in [5.41, 5.74) is -3.83. The number of imide groups is 1. The number of amides is 2. The van der Waals surface area contributed by atoms with Gasteiger partial charge in [0.15, 0.2) is 5.41 Å². The zero-order chi connectivity index (χ0) is 31.9. The van der Waals surface area contributed by atoms with Crippen LogP contribution in [0.5, 0.6) is 0 Å². The summed E-state index contributed by atoms with van der Waals surface area (Å²) in [5, 5.41) is 0. The van der Waals surface area contributed by atoms with E-state index in [0.29, 0.717) is 10.9 Å². The van der Waals surface area contributed by atoms with E-state index in [-0.39, 0.29) is 34.4 Å². The first-order valence-electron chi connectivity index (χ1n) is 14.6. The fourth-order valence-electron chi connectivity index (χ4n) is 6.13. The lowest BCUT2D eigenvalue weighted by atomic mass is 9.70. The summed E-state index contributed by atoms with van der Waals surface area (Å²) >= 11 is 3.19. The molecule has 1 heterocycles. The zero-order valence-corrected chi connectivity index (χ0v) is 26.9. The molecule has 232 valence electrons. The second-order valence-electron chi connectivity index (χ2n) is 13.1. The van der Waals surface area contributed by atoms with Gasteiger partial charge in [-0.2, -0.15) is 0 Å². The molecule has 0 saturated heterocycles. The van der Waals surface area contributed by atoms with Crippen LogP contribution in [0.3, 0.4) is 0 Å². The monoisotopic (exact) mass is 661 g/mol. The molecule has 1 aliphatic heterocycles. The molecule has 1 fully saturated rings. The highest BCUT2D eigenvalue weighted by atomic mass is 79.9. The molecule has 1 aliphatic carbocycles. The van der Waals surface area contributed by atoms with Gasteiger partial charge in [-0.1, -0.05) is 49.2 Å². The maximum atomic E-state index is 14.9. The third-order valence-electron chi connectivity index (χ3n) is 8.27. The van der Waals surface area contributed by atoms with Crippen LogP contribution in [0.15, 0.2) is 40.9 Å². The van der Waals surface area contributed by atoms with E-state index in [2.05, 4.69) is 22.9 Å². The summed E-state index contributed by atoms with van der Waals surface area (Å²) < 4.78 is 41.9. The number of carbonyl (C=O) groups excluding carboxylic acids is 4. The Morgan fingerprint density at radius 3 is 2.42 bits per heavy atom. The standard InChI is InChI=1S/C33H38BrF2NO6/c1-18(2)23-11-7-19(3)13-27(23)42-31(41)33(16-28(38)43-32(4,5)6)25-15-22(35)10-12-24(25)29(39)37(30(33)40)17-20-8-9-21(34)14-26(20)36/h8-10,12,14-15,18-19,23,27H,7,11,13,16-17H2,1-6H3/t19-,23+,27-,33-/m1/s1. The number of carbonyl (C=O) groups is 4. The number of hydrogen-bond donors (Lipinski definition) is 0. The van der Waals surface area contributed by atoms with Gasteiger partial charge in [-0.3, -0.25) is 24.1 Å². The fraction of sp³-hybridized carbons (Fsp3) is 0.515. The number of nitrogens with zero attached hydrogens (tertiary/aromatic N) is 1. The lowest BCUT2D eigenvalue weighted by Gasteiger charge is -2.42. The van der Waals surface area contributed by atoms with E-state index in [1.165, 1.54) is 18.2 Å². The summed E-state index contributed by atoms with van der Waals surface area (Å²) in [6, 6.07) is 7.28. The van der Waals surface area contributed by atoms with Crippen molar-refractivity contribution >= 4 is 39.7 Å². The topological polar surface area (TPSA) is 90.0 Å². The molecule has 7 nitrogen and oxygen atoms in total. The summed E-state index contributed by atoms with van der Waals surface area (Å²) in [6.45, 7) is 10.5. The number of fused-ring (bicyclic) bond motifs is 1. The van der Waals surface area contributed by atoms with Gasteiger partial charge in [0.05, 0.1) is 13.0 Å². The molecule has 0 aromatic heterocycles. The maximum Gasteiger partial charge on any atom is 0.327 e. The van der Waals surface area contributed by atoms with E-state index in [9.17, 15) is 28.0 Å². The molecule has 0 bridgehead atoms. The van der Waals surface area contributed by atoms with Crippen LogP contribution in [0, 0.1) is 29.4 Å². The number of benzene rings is 2. The average Bonchev–Trinajstić information content (AvgIpc) is 2.88. The molecule has 4 rings (SSSR count). The summed E-state index contributed by atoms with van der Waals surface area (Å²) in [4.78, 5) is 56.8. The van der Waals surface area contributed by atoms with E-state index in [1.54, 1.807) is 26.8 Å². The van der Waals surface area contributed by atoms with Gasteiger partial charge in [-0.15, -0.1) is 0 Å². The van der Waals surface area contributed by atoms with Crippen molar-refractivity contribution in [2.45, 2.75) is 90.9 Å². The van der Waals surface area contributed by atoms with E-state index >= 15 is 0 Å². The van der Waals surface area contributed by atoms with Crippen LogP contribution in [0.4, 0.5) is 8.78 Å². The fourth-order valence-corrected chi connectivity index (χ4v) is 6.46. The SMILES string of the molecule is CC(C)[C@@H]1CC[C@@H](C)C[C@H]1OC(=O)[C@@]1(CC(=O)OC(C)(C)C)C(=O)N(Cc2ccc(Br)cc2F)C(=O)c2ccc(F)cc21. The Hall–Kier alpha value is -3.14. The van der Waals surface area contributed by atoms with E-state index < -0.39 is 65.5 Å². The molecule has 0 N–H and O–H groups in total. The smallest absolute Gasteiger partial charge is 0.327 e. The van der Waals surface area contributed by atoms with Gasteiger partial charge in [0.1, 0.15) is 23.3 Å². The van der Waals surface area contributed by atoms with Crippen LogP contribution in [0.25, 0.3) is 0 Å². The predicted octanol–water partition coefficient (Wildman–Crippen LogP) is 6.88. The molecule has 2 aromatic carbocycles. The second-order valence-corrected chi connectivity index (χ2v) is 14.0. The minimum absolute atomic E-state index is 0.000930. The van der Waals surface area contributed by atoms with Gasteiger partial charge >= 0.3 is 11.9 Å². The van der Waals surface area contributed by atoms with Crippen molar-refractivity contribution in [3.63, 3.8) is 0 Å². The Labute approximate surface area is 259 Å². The number of rotatable bonds is 7. The summed E-state index contributed by atoms with van der Waals surface area (Å²) in [7, 11) is 0. The molecule has 1 saturated carbocycles. The molecular weight excluding hydrogens is 624 g/mol. The highest BCUT2D eigenvalue weighted by Crippen LogP contribution is 2.43. The molecular formula is C33H38BrF2NO6. The Morgan fingerprint density at radius 2 is 1.79 bits per heavy atom. The number of ether oxygens (including phenoxy) is 2. The van der Waals surface area contributed by atoms with Crippen LogP contribution in [-0.2, 0) is 35.8 Å². The summed E-state index contributed by atoms with van der Waals surface area (Å²) in [5.74, 6) is -4.99. The molecule has 43 heavy (non-hydrogen) atoms. The number of esters is 2. The molecule has 0 spiro atoms. The minimum Gasteiger partial charge on any atom is -0.461 e. The largest absolute Gasteiger partial charge is 0.461 e. The molecule has 0 unspecified atom stereocenters. The molecule has 2 amide bonds. The molecule has 0 radical (unpaired) electrons. The lowest BCUT2D eigenvalue weighted by Crippen LogP contribution is -2.60. The molecule has 2 aliphatic rings. The van der Waals surface area contributed by atoms with Crippen molar-refractivity contribution in [2.75, 3.05) is 0 Å². The van der Waals surface area contributed by atoms with E-state index in [0.717, 1.165) is 29.9 Å². The highest BCUT2D eigenvalue weighted by Gasteiger charge is 2.59. The van der Waals surface area contributed by atoms with Crippen LogP contribution in [0.1, 0.15) is 88.7 Å². The van der Waals surface area contributed by atoms with Gasteiger partial charge in [-0.05, 0) is 87.3 Å². The number of hydrogen-bond acceptors (Lipinski definition) is 6. The van der Waals surface area contributed by atoms with Crippen molar-refractivity contribution in [1.29, 1.82) is 0 Å². The van der Waals surface area contributed by atoms with Crippen LogP contribution in [-0.4, -0.2) is 40.4 Å². The average molecular weight is 663 g/mol. The van der Waals surface area contributed by atoms with Crippen molar-refractivity contribution in [3.8, 4) is 0 Å².